The first-order chi connectivity index (χ1) is 4.84. The van der Waals surface area contributed by atoms with Gasteiger partial charge >= 0.3 is 0 Å². The molecule has 1 unspecified atom stereocenters. The molecule has 1 rings (SSSR count). The zero-order chi connectivity index (χ0) is 7.40. The minimum atomic E-state index is 0.522. The summed E-state index contributed by atoms with van der Waals surface area (Å²) in [6.45, 7) is 8.07. The van der Waals surface area contributed by atoms with Crippen LogP contribution in [-0.4, -0.2) is 37.3 Å². The summed E-state index contributed by atoms with van der Waals surface area (Å²) in [5, 5.41) is 5.35. The Bertz CT molecular complexity index is 95.6. The number of hydrogen-bond acceptors (Lipinski definition) is 3. The predicted octanol–water partition coefficient (Wildman–Crippen LogP) is 0.232. The van der Waals surface area contributed by atoms with Crippen LogP contribution in [-0.2, 0) is 4.84 Å². The van der Waals surface area contributed by atoms with Gasteiger partial charge in [-0.3, -0.25) is 4.84 Å². The van der Waals surface area contributed by atoms with Crippen LogP contribution in [0.5, 0.6) is 0 Å². The van der Waals surface area contributed by atoms with Crippen molar-refractivity contribution in [3.8, 4) is 0 Å². The van der Waals surface area contributed by atoms with Crippen LogP contribution in [0.1, 0.15) is 13.8 Å². The lowest BCUT2D eigenvalue weighted by Crippen LogP contribution is -2.49. The summed E-state index contributed by atoms with van der Waals surface area (Å²) in [6.07, 6.45) is 0. The highest BCUT2D eigenvalue weighted by atomic mass is 16.7. The minimum absolute atomic E-state index is 0.522. The largest absolute Gasteiger partial charge is 0.314 e. The second-order valence-electron chi connectivity index (χ2n) is 2.61. The van der Waals surface area contributed by atoms with Gasteiger partial charge in [0, 0.05) is 25.7 Å². The number of hydrogen-bond donors (Lipinski definition) is 1. The van der Waals surface area contributed by atoms with E-state index >= 15 is 0 Å². The Morgan fingerprint density at radius 1 is 1.70 bits per heavy atom. The van der Waals surface area contributed by atoms with Gasteiger partial charge in [0.05, 0.1) is 6.61 Å². The lowest BCUT2D eigenvalue weighted by Gasteiger charge is -2.32. The second-order valence-corrected chi connectivity index (χ2v) is 2.61. The van der Waals surface area contributed by atoms with Crippen molar-refractivity contribution in [1.29, 1.82) is 0 Å². The molecule has 0 radical (unpaired) electrons. The molecule has 1 atom stereocenters. The van der Waals surface area contributed by atoms with Crippen molar-refractivity contribution in [3.05, 3.63) is 0 Å². The summed E-state index contributed by atoms with van der Waals surface area (Å²) < 4.78 is 0. The van der Waals surface area contributed by atoms with Crippen molar-refractivity contribution in [3.63, 3.8) is 0 Å². The van der Waals surface area contributed by atoms with E-state index in [-0.39, 0.29) is 0 Å². The van der Waals surface area contributed by atoms with Crippen LogP contribution >= 0.6 is 0 Å². The third-order valence-electron chi connectivity index (χ3n) is 1.74. The van der Waals surface area contributed by atoms with Crippen molar-refractivity contribution >= 4 is 0 Å². The summed E-state index contributed by atoms with van der Waals surface area (Å²) in [6, 6.07) is 0.522. The van der Waals surface area contributed by atoms with Crippen LogP contribution < -0.4 is 5.32 Å². The highest BCUT2D eigenvalue weighted by molar-refractivity contribution is 4.69. The Morgan fingerprint density at radius 2 is 2.50 bits per heavy atom. The van der Waals surface area contributed by atoms with Gasteiger partial charge in [-0.2, -0.15) is 5.06 Å². The van der Waals surface area contributed by atoms with Crippen LogP contribution in [0.2, 0.25) is 0 Å². The molecular formula is C7H16N2O. The Morgan fingerprint density at radius 3 is 3.10 bits per heavy atom. The second kappa shape index (κ2) is 3.91. The molecule has 0 aromatic rings. The Balaban J connectivity index is 2.25. The first kappa shape index (κ1) is 7.98. The highest BCUT2D eigenvalue weighted by Gasteiger charge is 2.17. The maximum absolute atomic E-state index is 5.39. The molecule has 1 fully saturated rings. The summed E-state index contributed by atoms with van der Waals surface area (Å²) >= 11 is 0. The molecule has 0 aromatic heterocycles. The molecule has 1 saturated heterocycles. The molecule has 3 heteroatoms. The van der Waals surface area contributed by atoms with Crippen LogP contribution in [0.15, 0.2) is 0 Å². The van der Waals surface area contributed by atoms with Crippen molar-refractivity contribution in [2.75, 3.05) is 26.2 Å². The molecule has 3 nitrogen and oxygen atoms in total. The first-order valence-corrected chi connectivity index (χ1v) is 3.95. The van der Waals surface area contributed by atoms with E-state index in [1.54, 1.807) is 0 Å². The summed E-state index contributed by atoms with van der Waals surface area (Å²) in [4.78, 5) is 5.39. The molecule has 10 heavy (non-hydrogen) atoms. The standard InChI is InChI=1S/C7H16N2O/c1-3-10-9-5-4-8-6-7(9)2/h7-8H,3-6H2,1-2H3. The van der Waals surface area contributed by atoms with Gasteiger partial charge in [0.2, 0.25) is 0 Å². The third-order valence-corrected chi connectivity index (χ3v) is 1.74. The van der Waals surface area contributed by atoms with E-state index in [0.29, 0.717) is 6.04 Å². The third kappa shape index (κ3) is 1.94. The maximum atomic E-state index is 5.39. The van der Waals surface area contributed by atoms with Gasteiger partial charge < -0.3 is 5.32 Å². The number of piperazine rings is 1. The highest BCUT2D eigenvalue weighted by Crippen LogP contribution is 2.01. The van der Waals surface area contributed by atoms with Gasteiger partial charge in [0.15, 0.2) is 0 Å². The zero-order valence-electron chi connectivity index (χ0n) is 6.76. The van der Waals surface area contributed by atoms with Crippen molar-refractivity contribution in [1.82, 2.24) is 10.4 Å². The van der Waals surface area contributed by atoms with E-state index < -0.39 is 0 Å². The Kier molecular flexibility index (Phi) is 3.12. The molecule has 0 aromatic carbocycles. The fourth-order valence-corrected chi connectivity index (χ4v) is 1.18. The summed E-state index contributed by atoms with van der Waals surface area (Å²) in [5.41, 5.74) is 0. The number of nitrogens with zero attached hydrogens (tertiary/aromatic N) is 1. The molecule has 0 saturated carbocycles. The van der Waals surface area contributed by atoms with E-state index in [1.165, 1.54) is 0 Å². The molecular weight excluding hydrogens is 128 g/mol. The Hall–Kier alpha value is -0.120. The van der Waals surface area contributed by atoms with Gasteiger partial charge in [-0.05, 0) is 13.8 Å². The molecule has 60 valence electrons. The fourth-order valence-electron chi connectivity index (χ4n) is 1.18. The molecule has 1 aliphatic rings. The quantitative estimate of drug-likeness (QED) is 0.600. The SMILES string of the molecule is CCON1CCNCC1C. The molecule has 0 aliphatic carbocycles. The molecule has 0 bridgehead atoms. The molecule has 1 heterocycles. The molecule has 1 aliphatic heterocycles. The van der Waals surface area contributed by atoms with Crippen LogP contribution in [0.3, 0.4) is 0 Å². The number of nitrogens with one attached hydrogen (secondary N) is 1. The van der Waals surface area contributed by atoms with E-state index in [2.05, 4.69) is 17.3 Å². The van der Waals surface area contributed by atoms with Crippen LogP contribution in [0.25, 0.3) is 0 Å². The summed E-state index contributed by atoms with van der Waals surface area (Å²) in [5.74, 6) is 0. The first-order valence-electron chi connectivity index (χ1n) is 3.95. The summed E-state index contributed by atoms with van der Waals surface area (Å²) in [7, 11) is 0. The van der Waals surface area contributed by atoms with Gasteiger partial charge in [0.25, 0.3) is 0 Å². The van der Waals surface area contributed by atoms with E-state index in [1.807, 2.05) is 6.92 Å². The van der Waals surface area contributed by atoms with Gasteiger partial charge in [-0.25, -0.2) is 0 Å². The average Bonchev–Trinajstić information content (AvgIpc) is 1.94. The van der Waals surface area contributed by atoms with Crippen molar-refractivity contribution in [2.45, 2.75) is 19.9 Å². The maximum Gasteiger partial charge on any atom is 0.0657 e. The van der Waals surface area contributed by atoms with Gasteiger partial charge in [-0.15, -0.1) is 0 Å². The average molecular weight is 144 g/mol. The van der Waals surface area contributed by atoms with E-state index in [9.17, 15) is 0 Å². The molecule has 0 amide bonds. The monoisotopic (exact) mass is 144 g/mol. The van der Waals surface area contributed by atoms with Crippen LogP contribution in [0, 0.1) is 0 Å². The number of hydroxylamine groups is 2. The molecule has 0 spiro atoms. The zero-order valence-corrected chi connectivity index (χ0v) is 6.76. The fraction of sp³-hybridized carbons (Fsp3) is 1.00. The predicted molar refractivity (Wildman–Crippen MR) is 40.7 cm³/mol. The number of rotatable bonds is 2. The molecule has 1 N–H and O–H groups in total. The van der Waals surface area contributed by atoms with Gasteiger partial charge in [-0.1, -0.05) is 0 Å². The lowest BCUT2D eigenvalue weighted by atomic mass is 10.3. The van der Waals surface area contributed by atoms with Crippen molar-refractivity contribution in [2.24, 2.45) is 0 Å². The van der Waals surface area contributed by atoms with E-state index in [0.717, 1.165) is 26.2 Å². The minimum Gasteiger partial charge on any atom is -0.314 e. The van der Waals surface area contributed by atoms with Crippen molar-refractivity contribution < 1.29 is 4.84 Å². The lowest BCUT2D eigenvalue weighted by molar-refractivity contribution is -0.185. The van der Waals surface area contributed by atoms with E-state index in [4.69, 9.17) is 4.84 Å². The topological polar surface area (TPSA) is 24.5 Å². The normalized spacial score (nSPS) is 28.8. The van der Waals surface area contributed by atoms with Gasteiger partial charge in [0.1, 0.15) is 0 Å². The van der Waals surface area contributed by atoms with Crippen LogP contribution in [0.4, 0.5) is 0 Å². The Labute approximate surface area is 62.3 Å². The smallest absolute Gasteiger partial charge is 0.0657 e.